The fraction of sp³-hybridized carbons (Fsp3) is 0.333. The lowest BCUT2D eigenvalue weighted by Gasteiger charge is -2.05. The number of benzene rings is 1. The average molecular weight is 255 g/mol. The normalized spacial score (nSPS) is 9.89. The minimum atomic E-state index is -0.868. The zero-order valence-corrected chi connectivity index (χ0v) is 9.90. The Bertz CT molecular complexity index is 448. The van der Waals surface area contributed by atoms with E-state index in [0.717, 1.165) is 12.1 Å². The number of amides is 1. The van der Waals surface area contributed by atoms with Crippen molar-refractivity contribution in [2.24, 2.45) is 0 Å². The molecule has 1 aromatic rings. The van der Waals surface area contributed by atoms with Crippen LogP contribution in [0, 0.1) is 5.82 Å². The van der Waals surface area contributed by atoms with E-state index in [1.54, 1.807) is 6.92 Å². The molecular weight excluding hydrogens is 241 g/mol. The van der Waals surface area contributed by atoms with Crippen molar-refractivity contribution in [1.29, 1.82) is 0 Å². The van der Waals surface area contributed by atoms with E-state index in [0.29, 0.717) is 0 Å². The van der Waals surface area contributed by atoms with Crippen molar-refractivity contribution in [2.75, 3.05) is 13.2 Å². The van der Waals surface area contributed by atoms with Gasteiger partial charge in [-0.05, 0) is 25.1 Å². The van der Waals surface area contributed by atoms with E-state index in [2.05, 4.69) is 10.1 Å². The molecule has 5 nitrogen and oxygen atoms in total. The van der Waals surface area contributed by atoms with Gasteiger partial charge in [0, 0.05) is 12.1 Å². The van der Waals surface area contributed by atoms with Crippen LogP contribution in [0.25, 0.3) is 0 Å². The van der Waals surface area contributed by atoms with Crippen LogP contribution in [0.4, 0.5) is 4.39 Å². The van der Waals surface area contributed by atoms with Gasteiger partial charge < -0.3 is 15.2 Å². The molecule has 6 heteroatoms. The van der Waals surface area contributed by atoms with Crippen molar-refractivity contribution in [1.82, 2.24) is 5.32 Å². The molecule has 0 saturated carbocycles. The van der Waals surface area contributed by atoms with Gasteiger partial charge in [0.1, 0.15) is 0 Å². The van der Waals surface area contributed by atoms with Gasteiger partial charge in [0.05, 0.1) is 13.0 Å². The largest absolute Gasteiger partial charge is 0.505 e. The third kappa shape index (κ3) is 4.04. The summed E-state index contributed by atoms with van der Waals surface area (Å²) >= 11 is 0. The third-order valence-electron chi connectivity index (χ3n) is 2.13. The predicted molar refractivity (Wildman–Crippen MR) is 61.6 cm³/mol. The molecule has 0 radical (unpaired) electrons. The molecule has 2 N–H and O–H groups in total. The third-order valence-corrected chi connectivity index (χ3v) is 2.13. The monoisotopic (exact) mass is 255 g/mol. The molecule has 1 amide bonds. The van der Waals surface area contributed by atoms with E-state index in [-0.39, 0.29) is 25.1 Å². The van der Waals surface area contributed by atoms with Gasteiger partial charge in [-0.15, -0.1) is 0 Å². The second kappa shape index (κ2) is 6.58. The zero-order valence-electron chi connectivity index (χ0n) is 9.90. The molecular formula is C12H14FNO4. The Kier molecular flexibility index (Phi) is 5.10. The molecule has 1 aromatic carbocycles. The average Bonchev–Trinajstić information content (AvgIpc) is 2.33. The van der Waals surface area contributed by atoms with Crippen LogP contribution in [0.15, 0.2) is 18.2 Å². The van der Waals surface area contributed by atoms with Crippen molar-refractivity contribution in [3.05, 3.63) is 29.6 Å². The lowest BCUT2D eigenvalue weighted by atomic mass is 10.2. The van der Waals surface area contributed by atoms with Crippen LogP contribution < -0.4 is 5.32 Å². The molecule has 0 unspecified atom stereocenters. The molecule has 0 aromatic heterocycles. The molecule has 1 rings (SSSR count). The second-order valence-corrected chi connectivity index (χ2v) is 3.48. The number of nitrogens with one attached hydrogen (secondary N) is 1. The number of phenols is 1. The summed E-state index contributed by atoms with van der Waals surface area (Å²) in [5.41, 5.74) is 0.0779. The first-order chi connectivity index (χ1) is 8.54. The van der Waals surface area contributed by atoms with Gasteiger partial charge in [0.15, 0.2) is 11.6 Å². The van der Waals surface area contributed by atoms with Crippen molar-refractivity contribution in [2.45, 2.75) is 13.3 Å². The lowest BCUT2D eigenvalue weighted by molar-refractivity contribution is -0.142. The summed E-state index contributed by atoms with van der Waals surface area (Å²) < 4.78 is 17.7. The van der Waals surface area contributed by atoms with Gasteiger partial charge in [-0.1, -0.05) is 0 Å². The Morgan fingerprint density at radius 2 is 2.17 bits per heavy atom. The van der Waals surface area contributed by atoms with E-state index < -0.39 is 23.4 Å². The fourth-order valence-electron chi connectivity index (χ4n) is 1.26. The molecule has 0 aliphatic carbocycles. The summed E-state index contributed by atoms with van der Waals surface area (Å²) in [5.74, 6) is -2.31. The maximum absolute atomic E-state index is 13.0. The highest BCUT2D eigenvalue weighted by Crippen LogP contribution is 2.15. The number of rotatable bonds is 5. The molecule has 0 fully saturated rings. The van der Waals surface area contributed by atoms with E-state index in [4.69, 9.17) is 5.11 Å². The maximum Gasteiger partial charge on any atom is 0.307 e. The van der Waals surface area contributed by atoms with Crippen molar-refractivity contribution in [3.8, 4) is 5.75 Å². The van der Waals surface area contributed by atoms with Crippen LogP contribution in [-0.2, 0) is 9.53 Å². The van der Waals surface area contributed by atoms with Crippen LogP contribution in [0.5, 0.6) is 5.75 Å². The van der Waals surface area contributed by atoms with E-state index in [1.165, 1.54) is 6.07 Å². The summed E-state index contributed by atoms with van der Waals surface area (Å²) in [5, 5.41) is 11.4. The molecule has 0 bridgehead atoms. The van der Waals surface area contributed by atoms with Gasteiger partial charge in [-0.25, -0.2) is 4.39 Å². The topological polar surface area (TPSA) is 75.6 Å². The molecule has 0 spiro atoms. The fourth-order valence-corrected chi connectivity index (χ4v) is 1.26. The summed E-state index contributed by atoms with van der Waals surface area (Å²) in [6.07, 6.45) is 0.0557. The molecule has 18 heavy (non-hydrogen) atoms. The predicted octanol–water partition coefficient (Wildman–Crippen LogP) is 1.21. The number of hydrogen-bond acceptors (Lipinski definition) is 4. The minimum Gasteiger partial charge on any atom is -0.505 e. The molecule has 0 aliphatic heterocycles. The standard InChI is InChI=1S/C12H14FNO4/c1-2-18-11(16)5-6-14-12(17)8-3-4-10(15)9(13)7-8/h3-4,7,15H,2,5-6H2,1H3,(H,14,17). The Labute approximate surface area is 104 Å². The number of hydrogen-bond donors (Lipinski definition) is 2. The first-order valence-corrected chi connectivity index (χ1v) is 5.47. The number of halogens is 1. The highest BCUT2D eigenvalue weighted by atomic mass is 19.1. The zero-order chi connectivity index (χ0) is 13.5. The second-order valence-electron chi connectivity index (χ2n) is 3.48. The quantitative estimate of drug-likeness (QED) is 0.775. The first kappa shape index (κ1) is 14.0. The van der Waals surface area contributed by atoms with Crippen LogP contribution in [-0.4, -0.2) is 30.1 Å². The molecule has 0 aliphatic rings. The molecule has 0 heterocycles. The number of carbonyl (C=O) groups excluding carboxylic acids is 2. The summed E-state index contributed by atoms with van der Waals surface area (Å²) in [6.45, 7) is 2.09. The Morgan fingerprint density at radius 3 is 2.78 bits per heavy atom. The lowest BCUT2D eigenvalue weighted by Crippen LogP contribution is -2.26. The number of carbonyl (C=O) groups is 2. The highest BCUT2D eigenvalue weighted by Gasteiger charge is 2.09. The molecule has 98 valence electrons. The summed E-state index contributed by atoms with van der Waals surface area (Å²) in [7, 11) is 0. The molecule has 0 saturated heterocycles. The number of ether oxygens (including phenoxy) is 1. The van der Waals surface area contributed by atoms with Crippen LogP contribution in [0.2, 0.25) is 0 Å². The van der Waals surface area contributed by atoms with Gasteiger partial charge in [0.2, 0.25) is 0 Å². The van der Waals surface area contributed by atoms with Gasteiger partial charge >= 0.3 is 5.97 Å². The Morgan fingerprint density at radius 1 is 1.44 bits per heavy atom. The Hall–Kier alpha value is -2.11. The van der Waals surface area contributed by atoms with Crippen LogP contribution in [0.1, 0.15) is 23.7 Å². The van der Waals surface area contributed by atoms with Gasteiger partial charge in [-0.3, -0.25) is 9.59 Å². The number of esters is 1. The van der Waals surface area contributed by atoms with E-state index >= 15 is 0 Å². The van der Waals surface area contributed by atoms with Crippen molar-refractivity contribution < 1.29 is 23.8 Å². The smallest absolute Gasteiger partial charge is 0.307 e. The van der Waals surface area contributed by atoms with E-state index in [9.17, 15) is 14.0 Å². The van der Waals surface area contributed by atoms with Crippen LogP contribution >= 0.6 is 0 Å². The van der Waals surface area contributed by atoms with Gasteiger partial charge in [0.25, 0.3) is 5.91 Å². The minimum absolute atomic E-state index is 0.0557. The molecule has 0 atom stereocenters. The Balaban J connectivity index is 2.45. The van der Waals surface area contributed by atoms with Crippen molar-refractivity contribution in [3.63, 3.8) is 0 Å². The highest BCUT2D eigenvalue weighted by molar-refractivity contribution is 5.94. The SMILES string of the molecule is CCOC(=O)CCNC(=O)c1ccc(O)c(F)c1. The maximum atomic E-state index is 13.0. The number of aromatic hydroxyl groups is 1. The van der Waals surface area contributed by atoms with E-state index in [1.807, 2.05) is 0 Å². The van der Waals surface area contributed by atoms with Gasteiger partial charge in [-0.2, -0.15) is 0 Å². The first-order valence-electron chi connectivity index (χ1n) is 5.47. The summed E-state index contributed by atoms with van der Waals surface area (Å²) in [6, 6.07) is 3.31. The summed E-state index contributed by atoms with van der Waals surface area (Å²) in [4.78, 5) is 22.5. The number of phenolic OH excluding ortho intramolecular Hbond substituents is 1. The van der Waals surface area contributed by atoms with Crippen molar-refractivity contribution >= 4 is 11.9 Å². The van der Waals surface area contributed by atoms with Crippen LogP contribution in [0.3, 0.4) is 0 Å².